The third-order valence-corrected chi connectivity index (χ3v) is 9.74. The molecule has 4 atom stereocenters. The Morgan fingerprint density at radius 2 is 1.95 bits per heavy atom. The molecule has 3 aliphatic carbocycles. The Hall–Kier alpha value is -3.56. The van der Waals surface area contributed by atoms with E-state index in [4.69, 9.17) is 16.2 Å². The van der Waals surface area contributed by atoms with Crippen molar-refractivity contribution in [1.29, 1.82) is 0 Å². The zero-order valence-corrected chi connectivity index (χ0v) is 20.9. The van der Waals surface area contributed by atoms with Gasteiger partial charge in [-0.05, 0) is 74.0 Å². The van der Waals surface area contributed by atoms with Crippen LogP contribution in [0.2, 0.25) is 0 Å². The van der Waals surface area contributed by atoms with E-state index in [1.165, 1.54) is 4.90 Å². The van der Waals surface area contributed by atoms with E-state index < -0.39 is 35.1 Å². The summed E-state index contributed by atoms with van der Waals surface area (Å²) in [5.74, 6) is -2.21. The highest BCUT2D eigenvalue weighted by molar-refractivity contribution is 6.04. The fourth-order valence-electron chi connectivity index (χ4n) is 7.66. The Balaban J connectivity index is 1.43. The number of aromatic nitrogens is 1. The summed E-state index contributed by atoms with van der Waals surface area (Å²) in [6.07, 6.45) is 4.13. The maximum Gasteiger partial charge on any atom is 0.271 e. The second kappa shape index (κ2) is 8.22. The van der Waals surface area contributed by atoms with Crippen molar-refractivity contribution in [2.75, 3.05) is 20.2 Å². The molecule has 2 bridgehead atoms. The number of methoxy groups -OCH3 is 1. The third-order valence-electron chi connectivity index (χ3n) is 9.74. The molecule has 6 N–H and O–H groups in total. The van der Waals surface area contributed by atoms with Crippen molar-refractivity contribution in [2.45, 2.75) is 44.1 Å². The van der Waals surface area contributed by atoms with Gasteiger partial charge in [-0.15, -0.1) is 0 Å². The van der Waals surface area contributed by atoms with E-state index in [9.17, 15) is 19.2 Å². The molecular formula is C27H33N5O5. The number of likely N-dealkylation sites (tertiary alicyclic amines) is 1. The predicted molar refractivity (Wildman–Crippen MR) is 134 cm³/mol. The molecule has 196 valence electrons. The van der Waals surface area contributed by atoms with Crippen molar-refractivity contribution in [2.24, 2.45) is 40.6 Å². The number of benzene rings is 1. The van der Waals surface area contributed by atoms with E-state index in [2.05, 4.69) is 10.3 Å². The molecule has 0 radical (unpaired) electrons. The lowest BCUT2D eigenvalue weighted by Crippen LogP contribution is -2.63. The summed E-state index contributed by atoms with van der Waals surface area (Å²) < 4.78 is 5.45. The number of amides is 4. The SMILES string of the molecule is COc1cccc2[nH]c(C(=O)N3CC(C45CC(C4)C5)CC3(C(N)=O)[C@H](C[C@H]3CCNC3=O)C(N)=O)cc12. The first-order chi connectivity index (χ1) is 17.7. The molecule has 10 nitrogen and oxygen atoms in total. The number of rotatable bonds is 8. The molecule has 2 aliphatic heterocycles. The molecule has 5 fully saturated rings. The summed E-state index contributed by atoms with van der Waals surface area (Å²) in [7, 11) is 1.56. The molecule has 7 rings (SSSR count). The molecule has 2 saturated heterocycles. The minimum Gasteiger partial charge on any atom is -0.496 e. The lowest BCUT2D eigenvalue weighted by Gasteiger charge is -2.65. The summed E-state index contributed by atoms with van der Waals surface area (Å²) in [4.78, 5) is 57.7. The van der Waals surface area contributed by atoms with Gasteiger partial charge in [0.2, 0.25) is 17.7 Å². The van der Waals surface area contributed by atoms with E-state index in [1.54, 1.807) is 13.2 Å². The lowest BCUT2D eigenvalue weighted by molar-refractivity contribution is -0.150. The number of carbonyl (C=O) groups excluding carboxylic acids is 4. The summed E-state index contributed by atoms with van der Waals surface area (Å²) in [6, 6.07) is 7.18. The predicted octanol–water partition coefficient (Wildman–Crippen LogP) is 1.29. The Morgan fingerprint density at radius 1 is 1.19 bits per heavy atom. The topological polar surface area (TPSA) is 161 Å². The van der Waals surface area contributed by atoms with Crippen molar-refractivity contribution in [3.8, 4) is 5.75 Å². The number of primary amides is 2. The van der Waals surface area contributed by atoms with Crippen LogP contribution in [0, 0.1) is 29.1 Å². The molecule has 0 spiro atoms. The average Bonchev–Trinajstić information content (AvgIpc) is 3.51. The number of hydrogen-bond acceptors (Lipinski definition) is 5. The summed E-state index contributed by atoms with van der Waals surface area (Å²) in [6.45, 7) is 0.826. The van der Waals surface area contributed by atoms with E-state index in [1.807, 2.05) is 18.2 Å². The zero-order chi connectivity index (χ0) is 26.1. The highest BCUT2D eigenvalue weighted by Gasteiger charge is 2.68. The Kier molecular flexibility index (Phi) is 5.29. The number of H-pyrrole nitrogens is 1. The number of aromatic amines is 1. The number of nitrogens with zero attached hydrogens (tertiary/aromatic N) is 1. The van der Waals surface area contributed by atoms with Gasteiger partial charge < -0.3 is 31.4 Å². The average molecular weight is 508 g/mol. The van der Waals surface area contributed by atoms with E-state index >= 15 is 0 Å². The van der Waals surface area contributed by atoms with Crippen LogP contribution in [0.1, 0.15) is 49.0 Å². The molecular weight excluding hydrogens is 474 g/mol. The van der Waals surface area contributed by atoms with Gasteiger partial charge in [-0.25, -0.2) is 0 Å². The van der Waals surface area contributed by atoms with Gasteiger partial charge in [0.15, 0.2) is 0 Å². The minimum atomic E-state index is -1.60. The van der Waals surface area contributed by atoms with Crippen LogP contribution in [0.25, 0.3) is 10.9 Å². The number of nitrogens with one attached hydrogen (secondary N) is 2. The van der Waals surface area contributed by atoms with E-state index in [0.717, 1.165) is 30.2 Å². The van der Waals surface area contributed by atoms with Crippen molar-refractivity contribution in [1.82, 2.24) is 15.2 Å². The molecule has 2 aromatic rings. The molecule has 4 amide bonds. The minimum absolute atomic E-state index is 0.0344. The Labute approximate surface area is 214 Å². The molecule has 3 heterocycles. The van der Waals surface area contributed by atoms with Gasteiger partial charge in [-0.2, -0.15) is 0 Å². The monoisotopic (exact) mass is 507 g/mol. The smallest absolute Gasteiger partial charge is 0.271 e. The summed E-state index contributed by atoms with van der Waals surface area (Å²) in [5, 5.41) is 3.52. The first-order valence-electron chi connectivity index (χ1n) is 13.0. The molecule has 37 heavy (non-hydrogen) atoms. The zero-order valence-electron chi connectivity index (χ0n) is 20.9. The summed E-state index contributed by atoms with van der Waals surface area (Å²) in [5.41, 5.74) is 11.5. The Morgan fingerprint density at radius 3 is 2.51 bits per heavy atom. The number of carbonyl (C=O) groups is 4. The first kappa shape index (κ1) is 23.8. The maximum absolute atomic E-state index is 14.2. The van der Waals surface area contributed by atoms with Gasteiger partial charge in [0.25, 0.3) is 5.91 Å². The Bertz CT molecular complexity index is 1300. The lowest BCUT2D eigenvalue weighted by atomic mass is 9.40. The fourth-order valence-corrected chi connectivity index (χ4v) is 7.66. The second-order valence-corrected chi connectivity index (χ2v) is 11.5. The summed E-state index contributed by atoms with van der Waals surface area (Å²) >= 11 is 0. The highest BCUT2D eigenvalue weighted by atomic mass is 16.5. The first-order valence-corrected chi connectivity index (χ1v) is 13.0. The fraction of sp³-hybridized carbons (Fsp3) is 0.556. The van der Waals surface area contributed by atoms with E-state index in [0.29, 0.717) is 31.2 Å². The van der Waals surface area contributed by atoms with Crippen LogP contribution in [0.15, 0.2) is 24.3 Å². The van der Waals surface area contributed by atoms with Crippen LogP contribution in [0.3, 0.4) is 0 Å². The van der Waals surface area contributed by atoms with Crippen LogP contribution in [0.5, 0.6) is 5.75 Å². The number of fused-ring (bicyclic) bond motifs is 1. The number of ether oxygens (including phenoxy) is 1. The maximum atomic E-state index is 14.2. The van der Waals surface area contributed by atoms with Crippen LogP contribution in [0.4, 0.5) is 0 Å². The number of nitrogens with two attached hydrogens (primary N) is 2. The third kappa shape index (κ3) is 3.37. The largest absolute Gasteiger partial charge is 0.496 e. The van der Waals surface area contributed by atoms with Gasteiger partial charge in [-0.1, -0.05) is 6.07 Å². The van der Waals surface area contributed by atoms with Crippen LogP contribution < -0.4 is 21.5 Å². The van der Waals surface area contributed by atoms with Crippen molar-refractivity contribution in [3.63, 3.8) is 0 Å². The second-order valence-electron chi connectivity index (χ2n) is 11.5. The van der Waals surface area contributed by atoms with Gasteiger partial charge in [0.1, 0.15) is 17.0 Å². The van der Waals surface area contributed by atoms with Crippen molar-refractivity contribution >= 4 is 34.5 Å². The van der Waals surface area contributed by atoms with Crippen molar-refractivity contribution < 1.29 is 23.9 Å². The van der Waals surface area contributed by atoms with Gasteiger partial charge in [0, 0.05) is 29.9 Å². The highest BCUT2D eigenvalue weighted by Crippen LogP contribution is 2.70. The van der Waals surface area contributed by atoms with Gasteiger partial charge in [-0.3, -0.25) is 19.2 Å². The normalized spacial score (nSPS) is 32.9. The van der Waals surface area contributed by atoms with Crippen LogP contribution >= 0.6 is 0 Å². The van der Waals surface area contributed by atoms with Crippen molar-refractivity contribution in [3.05, 3.63) is 30.0 Å². The molecule has 3 saturated carbocycles. The molecule has 10 heteroatoms. The quantitative estimate of drug-likeness (QED) is 0.423. The van der Waals surface area contributed by atoms with Crippen LogP contribution in [-0.2, 0) is 14.4 Å². The van der Waals surface area contributed by atoms with E-state index in [-0.39, 0.29) is 35.8 Å². The molecule has 5 aliphatic rings. The molecule has 2 unspecified atom stereocenters. The van der Waals surface area contributed by atoms with Gasteiger partial charge >= 0.3 is 0 Å². The molecule has 1 aromatic heterocycles. The molecule has 1 aromatic carbocycles. The van der Waals surface area contributed by atoms with Crippen LogP contribution in [-0.4, -0.2) is 59.3 Å². The van der Waals surface area contributed by atoms with Gasteiger partial charge in [0.05, 0.1) is 13.0 Å². The number of hydrogen-bond donors (Lipinski definition) is 4. The standard InChI is InChI=1S/C27H33N5O5/c1-37-21-4-2-3-19-17(21)8-20(31-19)24(35)32-13-16(26-9-14(10-26)11-26)12-27(32,25(29)36)18(22(28)33)7-15-5-6-30-23(15)34/h2-4,8,14-16,18,31H,5-7,9-13H2,1H3,(H2,28,33)(H2,29,36)(H,30,34)/t14?,15-,16?,18-,26?,27?/m1/s1.